The van der Waals surface area contributed by atoms with Crippen LogP contribution in [0.1, 0.15) is 32.3 Å². The van der Waals surface area contributed by atoms with E-state index >= 15 is 0 Å². The molecule has 0 fully saturated rings. The van der Waals surface area contributed by atoms with E-state index in [-0.39, 0.29) is 18.3 Å². The molecule has 1 unspecified atom stereocenters. The van der Waals surface area contributed by atoms with Crippen molar-refractivity contribution in [2.45, 2.75) is 39.3 Å². The monoisotopic (exact) mass is 316 g/mol. The summed E-state index contributed by atoms with van der Waals surface area (Å²) in [5.74, 6) is 1.23. The van der Waals surface area contributed by atoms with E-state index < -0.39 is 6.04 Å². The zero-order valence-corrected chi connectivity index (χ0v) is 13.7. The smallest absolute Gasteiger partial charge is 0.236 e. The molecule has 0 spiro atoms. The third-order valence-corrected chi connectivity index (χ3v) is 2.86. The molecule has 0 aromatic heterocycles. The van der Waals surface area contributed by atoms with E-state index in [1.807, 2.05) is 18.2 Å². The Labute approximate surface area is 132 Å². The highest BCUT2D eigenvalue weighted by atomic mass is 35.5. The molecule has 0 aliphatic rings. The molecule has 120 valence electrons. The molecule has 1 aromatic rings. The fourth-order valence-corrected chi connectivity index (χ4v) is 1.62. The fourth-order valence-electron chi connectivity index (χ4n) is 1.62. The Morgan fingerprint density at radius 3 is 2.67 bits per heavy atom. The molecule has 0 saturated carbocycles. The van der Waals surface area contributed by atoms with Crippen LogP contribution in [0.5, 0.6) is 11.5 Å². The topological polar surface area (TPSA) is 73.6 Å². The van der Waals surface area contributed by atoms with Crippen LogP contribution in [0.2, 0.25) is 0 Å². The lowest BCUT2D eigenvalue weighted by molar-refractivity contribution is -0.122. The highest BCUT2D eigenvalue weighted by Gasteiger charge is 2.09. The maximum atomic E-state index is 11.4. The van der Waals surface area contributed by atoms with Gasteiger partial charge in [-0.15, -0.1) is 12.4 Å². The van der Waals surface area contributed by atoms with Crippen molar-refractivity contribution in [1.29, 1.82) is 0 Å². The van der Waals surface area contributed by atoms with Crippen LogP contribution in [0.3, 0.4) is 0 Å². The van der Waals surface area contributed by atoms with Gasteiger partial charge in [-0.3, -0.25) is 4.79 Å². The van der Waals surface area contributed by atoms with Crippen LogP contribution < -0.4 is 20.5 Å². The molecule has 1 aromatic carbocycles. The van der Waals surface area contributed by atoms with Gasteiger partial charge >= 0.3 is 0 Å². The van der Waals surface area contributed by atoms with Crippen molar-refractivity contribution >= 4 is 18.3 Å². The van der Waals surface area contributed by atoms with Crippen LogP contribution in [0.15, 0.2) is 18.2 Å². The van der Waals surface area contributed by atoms with Gasteiger partial charge in [-0.2, -0.15) is 0 Å². The van der Waals surface area contributed by atoms with Crippen LogP contribution in [0.4, 0.5) is 0 Å². The van der Waals surface area contributed by atoms with Gasteiger partial charge in [0, 0.05) is 6.54 Å². The highest BCUT2D eigenvalue weighted by molar-refractivity contribution is 5.85. The maximum absolute atomic E-state index is 11.4. The summed E-state index contributed by atoms with van der Waals surface area (Å²) in [6.07, 6.45) is 2.10. The first-order valence-corrected chi connectivity index (χ1v) is 6.91. The molecule has 0 aliphatic carbocycles. The molecule has 0 heterocycles. The summed E-state index contributed by atoms with van der Waals surface area (Å²) >= 11 is 0. The lowest BCUT2D eigenvalue weighted by atomic mass is 10.2. The average molecular weight is 317 g/mol. The van der Waals surface area contributed by atoms with Crippen LogP contribution >= 0.6 is 12.4 Å². The molecule has 3 N–H and O–H groups in total. The molecule has 0 saturated heterocycles. The maximum Gasteiger partial charge on any atom is 0.236 e. The first kappa shape index (κ1) is 19.5. The number of nitrogens with one attached hydrogen (secondary N) is 1. The van der Waals surface area contributed by atoms with E-state index in [9.17, 15) is 4.79 Å². The van der Waals surface area contributed by atoms with Crippen molar-refractivity contribution in [3.8, 4) is 11.5 Å². The van der Waals surface area contributed by atoms with E-state index in [0.717, 1.165) is 24.2 Å². The second kappa shape index (κ2) is 10.3. The van der Waals surface area contributed by atoms with Crippen molar-refractivity contribution in [3.63, 3.8) is 0 Å². The Bertz CT molecular complexity index is 439. The molecule has 21 heavy (non-hydrogen) atoms. The highest BCUT2D eigenvalue weighted by Crippen LogP contribution is 2.28. The number of benzene rings is 1. The predicted octanol–water partition coefficient (Wildman–Crippen LogP) is 2.26. The number of amides is 1. The Morgan fingerprint density at radius 1 is 1.38 bits per heavy atom. The van der Waals surface area contributed by atoms with Crippen molar-refractivity contribution in [2.24, 2.45) is 5.73 Å². The summed E-state index contributed by atoms with van der Waals surface area (Å²) in [4.78, 5) is 11.4. The number of ether oxygens (including phenoxy) is 2. The summed E-state index contributed by atoms with van der Waals surface area (Å²) in [7, 11) is 1.60. The molecule has 5 nitrogen and oxygen atoms in total. The number of methoxy groups -OCH3 is 1. The number of nitrogens with two attached hydrogens (primary N) is 1. The molecular weight excluding hydrogens is 292 g/mol. The van der Waals surface area contributed by atoms with E-state index in [1.54, 1.807) is 14.0 Å². The number of carbonyl (C=O) groups is 1. The summed E-state index contributed by atoms with van der Waals surface area (Å²) in [5, 5.41) is 2.76. The van der Waals surface area contributed by atoms with Gasteiger partial charge in [-0.1, -0.05) is 19.4 Å². The molecule has 0 aliphatic heterocycles. The molecule has 1 amide bonds. The van der Waals surface area contributed by atoms with Gasteiger partial charge in [0.25, 0.3) is 0 Å². The minimum Gasteiger partial charge on any atom is -0.493 e. The first-order chi connectivity index (χ1) is 9.58. The minimum absolute atomic E-state index is 0. The van der Waals surface area contributed by atoms with Crippen molar-refractivity contribution in [1.82, 2.24) is 5.32 Å². The Hall–Kier alpha value is -1.46. The second-order valence-corrected chi connectivity index (χ2v) is 4.69. The van der Waals surface area contributed by atoms with Crippen molar-refractivity contribution in [2.75, 3.05) is 13.7 Å². The van der Waals surface area contributed by atoms with E-state index in [4.69, 9.17) is 15.2 Å². The summed E-state index contributed by atoms with van der Waals surface area (Å²) in [6, 6.07) is 5.13. The van der Waals surface area contributed by atoms with Crippen molar-refractivity contribution < 1.29 is 14.3 Å². The van der Waals surface area contributed by atoms with Gasteiger partial charge in [0.1, 0.15) is 0 Å². The summed E-state index contributed by atoms with van der Waals surface area (Å²) in [6.45, 7) is 4.87. The molecule has 1 rings (SSSR count). The largest absolute Gasteiger partial charge is 0.493 e. The second-order valence-electron chi connectivity index (χ2n) is 4.69. The normalized spacial score (nSPS) is 11.2. The number of carbonyl (C=O) groups excluding carboxylic acids is 1. The van der Waals surface area contributed by atoms with Crippen LogP contribution in [0.25, 0.3) is 0 Å². The number of rotatable bonds is 8. The zero-order chi connectivity index (χ0) is 15.0. The van der Waals surface area contributed by atoms with E-state index in [1.165, 1.54) is 0 Å². The first-order valence-electron chi connectivity index (χ1n) is 6.91. The number of hydrogen-bond donors (Lipinski definition) is 2. The number of hydrogen-bond acceptors (Lipinski definition) is 4. The minimum atomic E-state index is -0.506. The zero-order valence-electron chi connectivity index (χ0n) is 12.8. The summed E-state index contributed by atoms with van der Waals surface area (Å²) < 4.78 is 11.0. The Morgan fingerprint density at radius 2 is 2.10 bits per heavy atom. The van der Waals surface area contributed by atoms with Gasteiger partial charge in [0.05, 0.1) is 19.8 Å². The molecule has 0 bridgehead atoms. The van der Waals surface area contributed by atoms with Gasteiger partial charge in [0.2, 0.25) is 5.91 Å². The predicted molar refractivity (Wildman–Crippen MR) is 86.1 cm³/mol. The number of halogens is 1. The van der Waals surface area contributed by atoms with Crippen LogP contribution in [-0.4, -0.2) is 25.7 Å². The SMILES string of the molecule is CCCCOc1ccc(CNC(=O)C(C)N)cc1OC.Cl. The quantitative estimate of drug-likeness (QED) is 0.721. The molecule has 1 atom stereocenters. The lowest BCUT2D eigenvalue weighted by Crippen LogP contribution is -2.37. The van der Waals surface area contributed by atoms with E-state index in [2.05, 4.69) is 12.2 Å². The van der Waals surface area contributed by atoms with E-state index in [0.29, 0.717) is 18.9 Å². The summed E-state index contributed by atoms with van der Waals surface area (Å²) in [5.41, 5.74) is 6.43. The Kier molecular flexibility index (Phi) is 9.58. The van der Waals surface area contributed by atoms with Crippen LogP contribution in [-0.2, 0) is 11.3 Å². The van der Waals surface area contributed by atoms with Crippen molar-refractivity contribution in [3.05, 3.63) is 23.8 Å². The van der Waals surface area contributed by atoms with Gasteiger partial charge in [-0.25, -0.2) is 0 Å². The third-order valence-electron chi connectivity index (χ3n) is 2.86. The van der Waals surface area contributed by atoms with Gasteiger partial charge in [-0.05, 0) is 31.0 Å². The van der Waals surface area contributed by atoms with Gasteiger partial charge in [0.15, 0.2) is 11.5 Å². The Balaban J connectivity index is 0.00000400. The molecule has 0 radical (unpaired) electrons. The number of unbranched alkanes of at least 4 members (excludes halogenated alkanes) is 1. The standard InChI is InChI=1S/C15H24N2O3.ClH/c1-4-5-8-20-13-7-6-12(9-14(13)19-3)10-17-15(18)11(2)16;/h6-7,9,11H,4-5,8,10,16H2,1-3H3,(H,17,18);1H. The van der Waals surface area contributed by atoms with Gasteiger partial charge < -0.3 is 20.5 Å². The van der Waals surface area contributed by atoms with Crippen LogP contribution in [0, 0.1) is 0 Å². The fraction of sp³-hybridized carbons (Fsp3) is 0.533. The molecule has 6 heteroatoms. The molecular formula is C15H25ClN2O3. The third kappa shape index (κ3) is 6.69. The average Bonchev–Trinajstić information content (AvgIpc) is 2.45. The lowest BCUT2D eigenvalue weighted by Gasteiger charge is -2.13.